The lowest BCUT2D eigenvalue weighted by molar-refractivity contribution is -0.0881. The standard InChI is InChI=1S/C11H21NO3/c1-14-8-10-9(13)7-11(15-10)12-5-3-2-4-6-12/h9-11,13H,2-8H2,1H3/t9?,10-,11-/m1/s1. The van der Waals surface area contributed by atoms with Gasteiger partial charge >= 0.3 is 0 Å². The highest BCUT2D eigenvalue weighted by molar-refractivity contribution is 4.83. The molecule has 2 aliphatic heterocycles. The maximum absolute atomic E-state index is 9.79. The van der Waals surface area contributed by atoms with E-state index in [1.165, 1.54) is 19.3 Å². The van der Waals surface area contributed by atoms with Gasteiger partial charge in [-0.1, -0.05) is 6.42 Å². The normalized spacial score (nSPS) is 38.4. The molecular formula is C11H21NO3. The Morgan fingerprint density at radius 3 is 2.73 bits per heavy atom. The van der Waals surface area contributed by atoms with Crippen LogP contribution in [0.3, 0.4) is 0 Å². The first-order valence-corrected chi connectivity index (χ1v) is 5.88. The molecule has 3 atom stereocenters. The van der Waals surface area contributed by atoms with Crippen LogP contribution in [-0.2, 0) is 9.47 Å². The van der Waals surface area contributed by atoms with Crippen LogP contribution in [0.5, 0.6) is 0 Å². The molecule has 1 N–H and O–H groups in total. The lowest BCUT2D eigenvalue weighted by atomic mass is 10.1. The van der Waals surface area contributed by atoms with Gasteiger partial charge in [0.05, 0.1) is 12.7 Å². The molecule has 0 saturated carbocycles. The average molecular weight is 215 g/mol. The minimum Gasteiger partial charge on any atom is -0.390 e. The topological polar surface area (TPSA) is 41.9 Å². The summed E-state index contributed by atoms with van der Waals surface area (Å²) in [6.45, 7) is 2.71. The van der Waals surface area contributed by atoms with Crippen LogP contribution < -0.4 is 0 Å². The Morgan fingerprint density at radius 2 is 2.07 bits per heavy atom. The monoisotopic (exact) mass is 215 g/mol. The van der Waals surface area contributed by atoms with Crippen LogP contribution in [0.25, 0.3) is 0 Å². The Kier molecular flexibility index (Phi) is 3.97. The average Bonchev–Trinajstić information content (AvgIpc) is 2.63. The molecule has 0 bridgehead atoms. The number of aliphatic hydroxyl groups is 1. The first-order chi connectivity index (χ1) is 7.31. The molecule has 2 aliphatic rings. The van der Waals surface area contributed by atoms with E-state index < -0.39 is 0 Å². The highest BCUT2D eigenvalue weighted by atomic mass is 16.6. The van der Waals surface area contributed by atoms with Gasteiger partial charge < -0.3 is 14.6 Å². The molecule has 0 spiro atoms. The second-order valence-electron chi connectivity index (χ2n) is 4.48. The van der Waals surface area contributed by atoms with Gasteiger partial charge in [0.1, 0.15) is 12.3 Å². The van der Waals surface area contributed by atoms with Crippen molar-refractivity contribution in [2.24, 2.45) is 0 Å². The summed E-state index contributed by atoms with van der Waals surface area (Å²) in [6.07, 6.45) is 4.18. The van der Waals surface area contributed by atoms with Crippen molar-refractivity contribution >= 4 is 0 Å². The van der Waals surface area contributed by atoms with Crippen LogP contribution in [0, 0.1) is 0 Å². The zero-order valence-electron chi connectivity index (χ0n) is 9.39. The molecule has 0 aromatic heterocycles. The van der Waals surface area contributed by atoms with E-state index >= 15 is 0 Å². The van der Waals surface area contributed by atoms with Crippen LogP contribution in [0.2, 0.25) is 0 Å². The number of aliphatic hydroxyl groups excluding tert-OH is 1. The Bertz CT molecular complexity index is 194. The predicted octanol–water partition coefficient (Wildman–Crippen LogP) is 0.595. The van der Waals surface area contributed by atoms with Gasteiger partial charge in [-0.3, -0.25) is 4.90 Å². The van der Waals surface area contributed by atoms with Crippen LogP contribution >= 0.6 is 0 Å². The molecule has 0 amide bonds. The predicted molar refractivity (Wildman–Crippen MR) is 56.6 cm³/mol. The summed E-state index contributed by atoms with van der Waals surface area (Å²) in [5, 5.41) is 9.79. The minimum absolute atomic E-state index is 0.112. The van der Waals surface area contributed by atoms with E-state index in [0.29, 0.717) is 6.61 Å². The van der Waals surface area contributed by atoms with Crippen molar-refractivity contribution in [1.29, 1.82) is 0 Å². The number of hydrogen-bond acceptors (Lipinski definition) is 4. The Balaban J connectivity index is 1.84. The Morgan fingerprint density at radius 1 is 1.33 bits per heavy atom. The van der Waals surface area contributed by atoms with E-state index in [4.69, 9.17) is 9.47 Å². The molecule has 2 saturated heterocycles. The van der Waals surface area contributed by atoms with Gasteiger partial charge in [-0.05, 0) is 12.8 Å². The summed E-state index contributed by atoms with van der Waals surface area (Å²) in [5.74, 6) is 0. The molecule has 4 nitrogen and oxygen atoms in total. The number of nitrogens with zero attached hydrogens (tertiary/aromatic N) is 1. The third kappa shape index (κ3) is 2.69. The molecule has 2 heterocycles. The molecule has 0 aromatic carbocycles. The second-order valence-corrected chi connectivity index (χ2v) is 4.48. The first-order valence-electron chi connectivity index (χ1n) is 5.88. The summed E-state index contributed by atoms with van der Waals surface area (Å²) in [5.41, 5.74) is 0. The van der Waals surface area contributed by atoms with Crippen molar-refractivity contribution in [2.45, 2.75) is 44.1 Å². The van der Waals surface area contributed by atoms with Crippen LogP contribution in [0.1, 0.15) is 25.7 Å². The highest BCUT2D eigenvalue weighted by Gasteiger charge is 2.37. The smallest absolute Gasteiger partial charge is 0.113 e. The number of likely N-dealkylation sites (tertiary alicyclic amines) is 1. The molecule has 15 heavy (non-hydrogen) atoms. The van der Waals surface area contributed by atoms with E-state index in [-0.39, 0.29) is 18.4 Å². The first kappa shape index (κ1) is 11.3. The molecule has 0 aliphatic carbocycles. The van der Waals surface area contributed by atoms with Gasteiger partial charge in [-0.2, -0.15) is 0 Å². The molecule has 1 unspecified atom stereocenters. The van der Waals surface area contributed by atoms with Gasteiger partial charge in [-0.25, -0.2) is 0 Å². The number of rotatable bonds is 3. The van der Waals surface area contributed by atoms with E-state index in [1.807, 2.05) is 0 Å². The second kappa shape index (κ2) is 5.25. The third-order valence-electron chi connectivity index (χ3n) is 3.33. The number of piperidine rings is 1. The maximum atomic E-state index is 9.79. The molecular weight excluding hydrogens is 194 g/mol. The minimum atomic E-state index is -0.364. The number of methoxy groups -OCH3 is 1. The number of hydrogen-bond donors (Lipinski definition) is 1. The van der Waals surface area contributed by atoms with Crippen molar-refractivity contribution in [3.05, 3.63) is 0 Å². The maximum Gasteiger partial charge on any atom is 0.113 e. The lowest BCUT2D eigenvalue weighted by Gasteiger charge is -2.31. The molecule has 2 rings (SSSR count). The van der Waals surface area contributed by atoms with Gasteiger partial charge in [0.25, 0.3) is 0 Å². The number of ether oxygens (including phenoxy) is 2. The summed E-state index contributed by atoms with van der Waals surface area (Å²) < 4.78 is 10.8. The van der Waals surface area contributed by atoms with Gasteiger partial charge in [0, 0.05) is 26.6 Å². The van der Waals surface area contributed by atoms with Crippen molar-refractivity contribution in [3.8, 4) is 0 Å². The molecule has 4 heteroatoms. The van der Waals surface area contributed by atoms with Crippen LogP contribution in [0.4, 0.5) is 0 Å². The Labute approximate surface area is 91.2 Å². The quantitative estimate of drug-likeness (QED) is 0.748. The highest BCUT2D eigenvalue weighted by Crippen LogP contribution is 2.25. The van der Waals surface area contributed by atoms with Gasteiger partial charge in [-0.15, -0.1) is 0 Å². The fourth-order valence-corrected chi connectivity index (χ4v) is 2.46. The van der Waals surface area contributed by atoms with Gasteiger partial charge in [0.2, 0.25) is 0 Å². The van der Waals surface area contributed by atoms with Crippen LogP contribution in [-0.4, -0.2) is 55.2 Å². The Hall–Kier alpha value is -0.160. The summed E-state index contributed by atoms with van der Waals surface area (Å²) in [4.78, 5) is 2.35. The van der Waals surface area contributed by atoms with Gasteiger partial charge in [0.15, 0.2) is 0 Å². The zero-order valence-corrected chi connectivity index (χ0v) is 9.39. The third-order valence-corrected chi connectivity index (χ3v) is 3.33. The van der Waals surface area contributed by atoms with E-state index in [1.54, 1.807) is 7.11 Å². The van der Waals surface area contributed by atoms with E-state index in [9.17, 15) is 5.11 Å². The molecule has 0 aromatic rings. The summed E-state index contributed by atoms with van der Waals surface area (Å²) >= 11 is 0. The van der Waals surface area contributed by atoms with Crippen molar-refractivity contribution < 1.29 is 14.6 Å². The fraction of sp³-hybridized carbons (Fsp3) is 1.00. The van der Waals surface area contributed by atoms with Crippen molar-refractivity contribution in [2.75, 3.05) is 26.8 Å². The molecule has 2 fully saturated rings. The fourth-order valence-electron chi connectivity index (χ4n) is 2.46. The molecule has 88 valence electrons. The van der Waals surface area contributed by atoms with Crippen LogP contribution in [0.15, 0.2) is 0 Å². The summed E-state index contributed by atoms with van der Waals surface area (Å²) in [6, 6.07) is 0. The largest absolute Gasteiger partial charge is 0.390 e. The molecule has 0 radical (unpaired) electrons. The SMILES string of the molecule is COC[C@H]1O[C@@H](N2CCCCC2)CC1O. The van der Waals surface area contributed by atoms with E-state index in [2.05, 4.69) is 4.90 Å². The zero-order chi connectivity index (χ0) is 10.7. The lowest BCUT2D eigenvalue weighted by Crippen LogP contribution is -2.39. The van der Waals surface area contributed by atoms with Crippen molar-refractivity contribution in [3.63, 3.8) is 0 Å². The summed E-state index contributed by atoms with van der Waals surface area (Å²) in [7, 11) is 1.64. The van der Waals surface area contributed by atoms with E-state index in [0.717, 1.165) is 19.5 Å². The van der Waals surface area contributed by atoms with Crippen molar-refractivity contribution in [1.82, 2.24) is 4.90 Å².